The first-order valence-electron chi connectivity index (χ1n) is 7.20. The van der Waals surface area contributed by atoms with E-state index in [1.165, 1.54) is 4.90 Å². The number of ether oxygens (including phenoxy) is 1. The molecule has 0 saturated heterocycles. The van der Waals surface area contributed by atoms with Gasteiger partial charge in [0.1, 0.15) is 6.61 Å². The Morgan fingerprint density at radius 3 is 2.52 bits per heavy atom. The van der Waals surface area contributed by atoms with Crippen molar-refractivity contribution in [3.8, 4) is 0 Å². The highest BCUT2D eigenvalue weighted by Gasteiger charge is 2.23. The molecule has 0 fully saturated rings. The van der Waals surface area contributed by atoms with E-state index in [-0.39, 0.29) is 19.1 Å². The average Bonchev–Trinajstić information content (AvgIpc) is 2.49. The van der Waals surface area contributed by atoms with Gasteiger partial charge in [0, 0.05) is 13.1 Å². The zero-order valence-electron chi connectivity index (χ0n) is 12.6. The Balaban J connectivity index is 2.54. The highest BCUT2D eigenvalue weighted by molar-refractivity contribution is 5.71. The van der Waals surface area contributed by atoms with Crippen LogP contribution in [0.25, 0.3) is 0 Å². The normalized spacial score (nSPS) is 11.7. The van der Waals surface area contributed by atoms with Gasteiger partial charge in [0.2, 0.25) is 0 Å². The lowest BCUT2D eigenvalue weighted by Gasteiger charge is -2.26. The molecular formula is C16H23NO4. The van der Waals surface area contributed by atoms with Crippen LogP contribution in [-0.4, -0.2) is 35.2 Å². The third-order valence-corrected chi connectivity index (χ3v) is 3.34. The van der Waals surface area contributed by atoms with Gasteiger partial charge >= 0.3 is 12.1 Å². The van der Waals surface area contributed by atoms with Crippen molar-refractivity contribution in [2.24, 2.45) is 0 Å². The largest absolute Gasteiger partial charge is 0.481 e. The lowest BCUT2D eigenvalue weighted by molar-refractivity contribution is -0.138. The summed E-state index contributed by atoms with van der Waals surface area (Å²) < 4.78 is 5.23. The molecule has 0 aliphatic rings. The van der Waals surface area contributed by atoms with Gasteiger partial charge in [-0.05, 0) is 12.0 Å². The molecule has 1 N–H and O–H groups in total. The fourth-order valence-corrected chi connectivity index (χ4v) is 2.04. The molecule has 1 aromatic carbocycles. The van der Waals surface area contributed by atoms with E-state index < -0.39 is 12.1 Å². The van der Waals surface area contributed by atoms with E-state index in [2.05, 4.69) is 0 Å². The van der Waals surface area contributed by atoms with Crippen LogP contribution in [0.5, 0.6) is 0 Å². The first kappa shape index (κ1) is 17.0. The van der Waals surface area contributed by atoms with E-state index >= 15 is 0 Å². The predicted octanol–water partition coefficient (Wildman–Crippen LogP) is 3.29. The molecule has 1 amide bonds. The summed E-state index contributed by atoms with van der Waals surface area (Å²) in [7, 11) is 1.59. The maximum Gasteiger partial charge on any atom is 0.410 e. The fourth-order valence-electron chi connectivity index (χ4n) is 2.04. The van der Waals surface area contributed by atoms with Crippen molar-refractivity contribution in [1.82, 2.24) is 4.90 Å². The zero-order valence-corrected chi connectivity index (χ0v) is 12.6. The molecular weight excluding hydrogens is 270 g/mol. The summed E-state index contributed by atoms with van der Waals surface area (Å²) in [6.07, 6.45) is 1.97. The number of hydrogen-bond donors (Lipinski definition) is 1. The number of carbonyl (C=O) groups excluding carboxylic acids is 1. The Labute approximate surface area is 125 Å². The third kappa shape index (κ3) is 6.29. The third-order valence-electron chi connectivity index (χ3n) is 3.34. The minimum atomic E-state index is -0.904. The van der Waals surface area contributed by atoms with Crippen LogP contribution in [0.4, 0.5) is 4.79 Å². The highest BCUT2D eigenvalue weighted by atomic mass is 16.6. The van der Waals surface area contributed by atoms with Gasteiger partial charge in [-0.3, -0.25) is 4.79 Å². The summed E-state index contributed by atoms with van der Waals surface area (Å²) in [5.41, 5.74) is 0.905. The minimum absolute atomic E-state index is 0.0586. The molecule has 5 nitrogen and oxygen atoms in total. The van der Waals surface area contributed by atoms with Crippen molar-refractivity contribution in [3.05, 3.63) is 35.9 Å². The molecule has 0 aliphatic heterocycles. The summed E-state index contributed by atoms with van der Waals surface area (Å²) in [6.45, 7) is 2.23. The zero-order chi connectivity index (χ0) is 15.7. The van der Waals surface area contributed by atoms with Crippen molar-refractivity contribution >= 4 is 12.1 Å². The van der Waals surface area contributed by atoms with Gasteiger partial charge in [-0.25, -0.2) is 4.79 Å². The topological polar surface area (TPSA) is 66.8 Å². The van der Waals surface area contributed by atoms with Gasteiger partial charge < -0.3 is 14.7 Å². The molecule has 0 unspecified atom stereocenters. The van der Waals surface area contributed by atoms with Crippen LogP contribution in [0.3, 0.4) is 0 Å². The number of benzene rings is 1. The monoisotopic (exact) mass is 293 g/mol. The number of unbranched alkanes of at least 4 members (excludes halogenated alkanes) is 1. The standard InChI is InChI=1S/C16H23NO4/c1-3-4-10-14(11-15(18)19)17(2)16(20)21-12-13-8-6-5-7-9-13/h5-9,14H,3-4,10-12H2,1-2H3,(H,18,19)/t14-/m0/s1. The number of carboxylic acids is 1. The second kappa shape index (κ2) is 9.00. The molecule has 1 rings (SSSR count). The smallest absolute Gasteiger partial charge is 0.410 e. The van der Waals surface area contributed by atoms with Crippen LogP contribution in [0.15, 0.2) is 30.3 Å². The summed E-state index contributed by atoms with van der Waals surface area (Å²) in [5, 5.41) is 8.94. The molecule has 0 spiro atoms. The Hall–Kier alpha value is -2.04. The molecule has 1 aromatic rings. The second-order valence-electron chi connectivity index (χ2n) is 5.05. The van der Waals surface area contributed by atoms with E-state index in [0.717, 1.165) is 18.4 Å². The maximum absolute atomic E-state index is 12.0. The molecule has 0 saturated carbocycles. The molecule has 5 heteroatoms. The van der Waals surface area contributed by atoms with E-state index in [9.17, 15) is 9.59 Å². The van der Waals surface area contributed by atoms with Gasteiger partial charge in [0.05, 0.1) is 6.42 Å². The van der Waals surface area contributed by atoms with Gasteiger partial charge in [0.15, 0.2) is 0 Å². The molecule has 1 atom stereocenters. The Bertz CT molecular complexity index is 447. The lowest BCUT2D eigenvalue weighted by Crippen LogP contribution is -2.38. The van der Waals surface area contributed by atoms with Gasteiger partial charge in [0.25, 0.3) is 0 Å². The Morgan fingerprint density at radius 2 is 1.95 bits per heavy atom. The van der Waals surface area contributed by atoms with Gasteiger partial charge in [-0.2, -0.15) is 0 Å². The maximum atomic E-state index is 12.0. The van der Waals surface area contributed by atoms with Crippen LogP contribution in [0.1, 0.15) is 38.2 Å². The van der Waals surface area contributed by atoms with Gasteiger partial charge in [-0.1, -0.05) is 50.1 Å². The van der Waals surface area contributed by atoms with E-state index in [0.29, 0.717) is 6.42 Å². The predicted molar refractivity (Wildman–Crippen MR) is 80.0 cm³/mol. The number of nitrogens with zero attached hydrogens (tertiary/aromatic N) is 1. The average molecular weight is 293 g/mol. The summed E-state index contributed by atoms with van der Waals surface area (Å²) in [6, 6.07) is 9.07. The fraction of sp³-hybridized carbons (Fsp3) is 0.500. The summed E-state index contributed by atoms with van der Waals surface area (Å²) in [5.74, 6) is -0.904. The molecule has 0 aromatic heterocycles. The summed E-state index contributed by atoms with van der Waals surface area (Å²) >= 11 is 0. The van der Waals surface area contributed by atoms with E-state index in [1.54, 1.807) is 7.05 Å². The molecule has 0 heterocycles. The molecule has 0 bridgehead atoms. The Morgan fingerprint density at radius 1 is 1.29 bits per heavy atom. The second-order valence-corrected chi connectivity index (χ2v) is 5.05. The summed E-state index contributed by atoms with van der Waals surface area (Å²) in [4.78, 5) is 24.3. The van der Waals surface area contributed by atoms with E-state index in [4.69, 9.17) is 9.84 Å². The van der Waals surface area contributed by atoms with Crippen molar-refractivity contribution in [3.63, 3.8) is 0 Å². The first-order valence-corrected chi connectivity index (χ1v) is 7.20. The number of carbonyl (C=O) groups is 2. The number of aliphatic carboxylic acids is 1. The quantitative estimate of drug-likeness (QED) is 0.798. The number of carboxylic acid groups (broad SMARTS) is 1. The number of hydrogen-bond acceptors (Lipinski definition) is 3. The number of amides is 1. The molecule has 0 radical (unpaired) electrons. The van der Waals surface area contributed by atoms with Crippen LogP contribution in [0, 0.1) is 0 Å². The lowest BCUT2D eigenvalue weighted by atomic mass is 10.1. The van der Waals surface area contributed by atoms with Crippen LogP contribution < -0.4 is 0 Å². The van der Waals surface area contributed by atoms with Crippen LogP contribution in [0.2, 0.25) is 0 Å². The van der Waals surface area contributed by atoms with Crippen LogP contribution >= 0.6 is 0 Å². The number of rotatable bonds is 8. The Kier molecular flexibility index (Phi) is 7.29. The van der Waals surface area contributed by atoms with Gasteiger partial charge in [-0.15, -0.1) is 0 Å². The molecule has 21 heavy (non-hydrogen) atoms. The highest BCUT2D eigenvalue weighted by Crippen LogP contribution is 2.13. The SMILES string of the molecule is CCCC[C@@H](CC(=O)O)N(C)C(=O)OCc1ccccc1. The minimum Gasteiger partial charge on any atom is -0.481 e. The van der Waals surface area contributed by atoms with Crippen molar-refractivity contribution in [2.75, 3.05) is 7.05 Å². The van der Waals surface area contributed by atoms with Crippen molar-refractivity contribution < 1.29 is 19.4 Å². The molecule has 116 valence electrons. The van der Waals surface area contributed by atoms with Crippen molar-refractivity contribution in [2.45, 2.75) is 45.3 Å². The van der Waals surface area contributed by atoms with Crippen LogP contribution in [-0.2, 0) is 16.1 Å². The van der Waals surface area contributed by atoms with Crippen molar-refractivity contribution in [1.29, 1.82) is 0 Å². The molecule has 0 aliphatic carbocycles. The first-order chi connectivity index (χ1) is 10.0. The van der Waals surface area contributed by atoms with E-state index in [1.807, 2.05) is 37.3 Å².